The number of allylic oxidation sites excluding steroid dienone is 1. The largest absolute Gasteiger partial charge is 0.457 e. The molecule has 1 unspecified atom stereocenters. The number of hydrogen-bond donors (Lipinski definition) is 1. The minimum absolute atomic E-state index is 0.0264. The number of alkyl carbamates (subject to hydrolysis) is 1. The third-order valence-electron chi connectivity index (χ3n) is 8.28. The molecule has 1 N–H and O–H groups in total. The van der Waals surface area contributed by atoms with Crippen LogP contribution >= 0.6 is 0 Å². The minimum Gasteiger partial charge on any atom is -0.457 e. The third kappa shape index (κ3) is 6.19. The molecule has 3 aromatic rings. The third-order valence-corrected chi connectivity index (χ3v) is 11.5. The number of rotatable bonds is 8. The number of carbonyl (C=O) groups is 4. The van der Waals surface area contributed by atoms with Gasteiger partial charge in [0.2, 0.25) is 5.60 Å². The van der Waals surface area contributed by atoms with Crippen LogP contribution in [0.3, 0.4) is 0 Å². The van der Waals surface area contributed by atoms with Gasteiger partial charge in [-0.05, 0) is 68.3 Å². The van der Waals surface area contributed by atoms with Gasteiger partial charge >= 0.3 is 24.0 Å². The number of nitrogens with one attached hydrogen (secondary N) is 1. The van der Waals surface area contributed by atoms with Gasteiger partial charge in [-0.15, -0.1) is 6.58 Å². The van der Waals surface area contributed by atoms with Crippen molar-refractivity contribution in [2.75, 3.05) is 6.54 Å². The summed E-state index contributed by atoms with van der Waals surface area (Å²) in [5.74, 6) is -1.77. The highest BCUT2D eigenvalue weighted by Gasteiger charge is 2.50. The Kier molecular flexibility index (Phi) is 8.65. The molecular formula is C34H39N3O9Si. The van der Waals surface area contributed by atoms with Gasteiger partial charge in [0, 0.05) is 17.9 Å². The van der Waals surface area contributed by atoms with Gasteiger partial charge in [-0.1, -0.05) is 26.1 Å². The number of fused-ring (bicyclic) bond motifs is 5. The first-order chi connectivity index (χ1) is 22.0. The van der Waals surface area contributed by atoms with Gasteiger partial charge in [-0.3, -0.25) is 14.4 Å². The summed E-state index contributed by atoms with van der Waals surface area (Å²) in [6.45, 7) is 15.8. The summed E-state index contributed by atoms with van der Waals surface area (Å²) in [7, 11) is -2.26. The number of aromatic nitrogens is 2. The van der Waals surface area contributed by atoms with E-state index in [1.807, 2.05) is 12.1 Å². The van der Waals surface area contributed by atoms with E-state index in [2.05, 4.69) is 25.0 Å². The van der Waals surface area contributed by atoms with Crippen LogP contribution in [0.1, 0.15) is 57.7 Å². The molecule has 0 bridgehead atoms. The van der Waals surface area contributed by atoms with Crippen LogP contribution in [0.2, 0.25) is 19.1 Å². The number of pyridine rings is 2. The lowest BCUT2D eigenvalue weighted by Gasteiger charge is -2.35. The van der Waals surface area contributed by atoms with Crippen LogP contribution in [0.5, 0.6) is 5.75 Å². The predicted octanol–water partition coefficient (Wildman–Crippen LogP) is 4.18. The number of benzene rings is 1. The SMILES string of the molecule is C=CC[Si](C)(C)c1c2c(nc3ccc(OC(C)=O)cc13)-c1cc3c(c(=O)n1C2)COC(=O)C3(CC)OC(=O)CNC(=O)OC(C)(C)C. The first-order valence-corrected chi connectivity index (χ1v) is 18.6. The van der Waals surface area contributed by atoms with Crippen molar-refractivity contribution in [2.24, 2.45) is 0 Å². The van der Waals surface area contributed by atoms with Gasteiger partial charge in [-0.2, -0.15) is 0 Å². The van der Waals surface area contributed by atoms with Gasteiger partial charge in [0.05, 0.1) is 37.1 Å². The Morgan fingerprint density at radius 2 is 1.89 bits per heavy atom. The first kappa shape index (κ1) is 33.6. The van der Waals surface area contributed by atoms with Crippen molar-refractivity contribution in [3.63, 3.8) is 0 Å². The second-order valence-corrected chi connectivity index (χ2v) is 18.0. The molecule has 12 nitrogen and oxygen atoms in total. The van der Waals surface area contributed by atoms with Crippen molar-refractivity contribution in [1.29, 1.82) is 0 Å². The minimum atomic E-state index is -2.26. The fraction of sp³-hybridized carbons (Fsp3) is 0.412. The van der Waals surface area contributed by atoms with E-state index in [1.165, 1.54) is 6.92 Å². The molecule has 1 atom stereocenters. The van der Waals surface area contributed by atoms with Crippen LogP contribution in [0.4, 0.5) is 4.79 Å². The Labute approximate surface area is 273 Å². The number of esters is 3. The fourth-order valence-corrected chi connectivity index (χ4v) is 9.24. The van der Waals surface area contributed by atoms with Crippen molar-refractivity contribution >= 4 is 48.2 Å². The monoisotopic (exact) mass is 661 g/mol. The first-order valence-electron chi connectivity index (χ1n) is 15.4. The molecule has 47 heavy (non-hydrogen) atoms. The lowest BCUT2D eigenvalue weighted by molar-refractivity contribution is -0.188. The summed E-state index contributed by atoms with van der Waals surface area (Å²) in [6.07, 6.45) is 1.04. The van der Waals surface area contributed by atoms with Crippen molar-refractivity contribution in [2.45, 2.75) is 84.5 Å². The molecule has 1 aromatic carbocycles. The van der Waals surface area contributed by atoms with Crippen LogP contribution in [0.15, 0.2) is 41.7 Å². The van der Waals surface area contributed by atoms with E-state index in [4.69, 9.17) is 23.9 Å². The van der Waals surface area contributed by atoms with E-state index in [1.54, 1.807) is 50.5 Å². The maximum absolute atomic E-state index is 14.1. The zero-order valence-corrected chi connectivity index (χ0v) is 28.7. The molecular weight excluding hydrogens is 622 g/mol. The molecule has 13 heteroatoms. The molecule has 0 saturated heterocycles. The van der Waals surface area contributed by atoms with Gasteiger partial charge in [-0.25, -0.2) is 14.6 Å². The molecule has 0 radical (unpaired) electrons. The molecule has 2 aromatic heterocycles. The molecule has 2 aliphatic rings. The molecule has 0 fully saturated rings. The summed E-state index contributed by atoms with van der Waals surface area (Å²) in [4.78, 5) is 69.5. The van der Waals surface area contributed by atoms with Crippen molar-refractivity contribution < 1.29 is 38.1 Å². The Hall–Kier alpha value is -4.78. The normalized spacial score (nSPS) is 16.8. The van der Waals surface area contributed by atoms with Gasteiger partial charge < -0.3 is 28.8 Å². The lowest BCUT2D eigenvalue weighted by Crippen LogP contribution is -2.49. The predicted molar refractivity (Wildman–Crippen MR) is 176 cm³/mol. The molecule has 0 saturated carbocycles. The highest BCUT2D eigenvalue weighted by atomic mass is 28.3. The number of cyclic esters (lactones) is 1. The van der Waals surface area contributed by atoms with E-state index in [9.17, 15) is 24.0 Å². The van der Waals surface area contributed by atoms with Gasteiger partial charge in [0.1, 0.15) is 24.5 Å². The topological polar surface area (TPSA) is 152 Å². The standard InChI is InChI=1S/C34H39N3O9Si/c1-9-13-47(7,8)29-21-14-20(44-19(3)38)11-12-25(21)36-28-22(29)17-37-26(28)15-24-23(30(37)40)18-43-31(41)34(24,10-2)45-27(39)16-35-32(42)46-33(4,5)6/h9,11-12,14-15H,1,10,13,16-18H2,2-8H3,(H,35,42). The van der Waals surface area contributed by atoms with Crippen LogP contribution in [-0.2, 0) is 47.3 Å². The average Bonchev–Trinajstić information content (AvgIpc) is 3.33. The number of amides is 1. The van der Waals surface area contributed by atoms with E-state index in [-0.39, 0.29) is 36.3 Å². The highest BCUT2D eigenvalue weighted by Crippen LogP contribution is 2.41. The maximum Gasteiger partial charge on any atom is 0.408 e. The Morgan fingerprint density at radius 1 is 1.17 bits per heavy atom. The van der Waals surface area contributed by atoms with Gasteiger partial charge in [0.15, 0.2) is 0 Å². The van der Waals surface area contributed by atoms with E-state index in [0.717, 1.165) is 22.2 Å². The van der Waals surface area contributed by atoms with Crippen LogP contribution < -0.4 is 20.8 Å². The summed E-state index contributed by atoms with van der Waals surface area (Å²) < 4.78 is 23.4. The van der Waals surface area contributed by atoms with Crippen LogP contribution in [0, 0.1) is 0 Å². The Bertz CT molecular complexity index is 1910. The van der Waals surface area contributed by atoms with Gasteiger partial charge in [0.25, 0.3) is 5.56 Å². The molecule has 0 aliphatic carbocycles. The summed E-state index contributed by atoms with van der Waals surface area (Å²) >= 11 is 0. The highest BCUT2D eigenvalue weighted by molar-refractivity contribution is 6.92. The van der Waals surface area contributed by atoms with Crippen LogP contribution in [0.25, 0.3) is 22.3 Å². The summed E-state index contributed by atoms with van der Waals surface area (Å²) in [5, 5.41) is 4.23. The van der Waals surface area contributed by atoms with Crippen molar-refractivity contribution in [3.05, 3.63) is 64.0 Å². The zero-order valence-electron chi connectivity index (χ0n) is 27.7. The maximum atomic E-state index is 14.1. The number of nitrogens with zero attached hydrogens (tertiary/aromatic N) is 2. The summed E-state index contributed by atoms with van der Waals surface area (Å²) in [5.41, 5.74) is -0.0908. The van der Waals surface area contributed by atoms with E-state index >= 15 is 0 Å². The van der Waals surface area contributed by atoms with E-state index < -0.39 is 49.8 Å². The second kappa shape index (κ2) is 12.1. The Morgan fingerprint density at radius 3 is 2.53 bits per heavy atom. The molecule has 2 aliphatic heterocycles. The van der Waals surface area contributed by atoms with Crippen LogP contribution in [-0.4, -0.2) is 53.8 Å². The second-order valence-electron chi connectivity index (χ2n) is 13.4. The molecule has 5 rings (SSSR count). The molecule has 0 spiro atoms. The molecule has 248 valence electrons. The van der Waals surface area contributed by atoms with E-state index in [0.29, 0.717) is 22.7 Å². The fourth-order valence-electron chi connectivity index (χ4n) is 6.37. The quantitative estimate of drug-likeness (QED) is 0.0957. The number of carbonyl (C=O) groups excluding carboxylic acids is 4. The Balaban J connectivity index is 1.64. The average molecular weight is 662 g/mol. The zero-order chi connectivity index (χ0) is 34.5. The number of ether oxygens (including phenoxy) is 4. The van der Waals surface area contributed by atoms with Crippen molar-refractivity contribution in [3.8, 4) is 17.1 Å². The summed E-state index contributed by atoms with van der Waals surface area (Å²) in [6, 6.07) is 7.70. The smallest absolute Gasteiger partial charge is 0.408 e. The lowest BCUT2D eigenvalue weighted by atomic mass is 9.85. The number of hydrogen-bond acceptors (Lipinski definition) is 10. The molecule has 4 heterocycles. The molecule has 1 amide bonds. The van der Waals surface area contributed by atoms with Crippen molar-refractivity contribution in [1.82, 2.24) is 14.9 Å².